The Hall–Kier alpha value is -1.89. The minimum atomic E-state index is -0.880. The molecule has 0 aromatic heterocycles. The summed E-state index contributed by atoms with van der Waals surface area (Å²) in [4.78, 5) is 5.33. The van der Waals surface area contributed by atoms with E-state index in [4.69, 9.17) is 16.3 Å². The third kappa shape index (κ3) is 7.30. The number of benzene rings is 2. The third-order valence-corrected chi connectivity index (χ3v) is 9.12. The van der Waals surface area contributed by atoms with Crippen LogP contribution in [0, 0.1) is 11.8 Å². The molecular formula is C34H48ClN3O2. The molecule has 3 atom stereocenters. The van der Waals surface area contributed by atoms with Gasteiger partial charge in [0, 0.05) is 54.8 Å². The largest absolute Gasteiger partial charge is 0.491 e. The van der Waals surface area contributed by atoms with Gasteiger partial charge in [-0.2, -0.15) is 0 Å². The topological polar surface area (TPSA) is 48.0 Å². The van der Waals surface area contributed by atoms with Crippen LogP contribution in [0.1, 0.15) is 70.1 Å². The van der Waals surface area contributed by atoms with E-state index in [1.54, 1.807) is 0 Å². The standard InChI is InChI=1S/C34H48ClN3O2/c1-24(2)20-38(21-25-9-12-27(35)13-10-25)28-15-18-37(22-28)17-6-8-29-30-7-5-16-36-32(30)23-40-33-14-11-26(19-31(29)33)34(3,4)39/h8-14,19,24,28,30,32,36,39H,5-7,15-18,20-23H2,1-4H3/t28-,30?,32?/m1/s1. The fraction of sp³-hybridized carbons (Fsp3) is 0.588. The Kier molecular flexibility index (Phi) is 9.59. The minimum Gasteiger partial charge on any atom is -0.491 e. The van der Waals surface area contributed by atoms with E-state index >= 15 is 0 Å². The van der Waals surface area contributed by atoms with Gasteiger partial charge in [-0.3, -0.25) is 4.90 Å². The van der Waals surface area contributed by atoms with Crippen molar-refractivity contribution < 1.29 is 9.84 Å². The number of hydrogen-bond acceptors (Lipinski definition) is 5. The van der Waals surface area contributed by atoms with E-state index in [0.717, 1.165) is 62.0 Å². The van der Waals surface area contributed by atoms with E-state index in [1.165, 1.54) is 36.0 Å². The number of aliphatic hydroxyl groups is 1. The lowest BCUT2D eigenvalue weighted by Crippen LogP contribution is -2.44. The first-order valence-corrected chi connectivity index (χ1v) is 15.7. The van der Waals surface area contributed by atoms with Gasteiger partial charge in [0.05, 0.1) is 5.60 Å². The first-order valence-electron chi connectivity index (χ1n) is 15.3. The van der Waals surface area contributed by atoms with E-state index in [0.29, 0.717) is 30.5 Å². The summed E-state index contributed by atoms with van der Waals surface area (Å²) in [5.41, 5.74) is 3.96. The molecule has 0 bridgehead atoms. The van der Waals surface area contributed by atoms with Gasteiger partial charge in [0.15, 0.2) is 0 Å². The molecule has 2 aromatic carbocycles. The second-order valence-electron chi connectivity index (χ2n) is 13.0. The first kappa shape index (κ1) is 29.6. The summed E-state index contributed by atoms with van der Waals surface area (Å²) in [6, 6.07) is 15.5. The summed E-state index contributed by atoms with van der Waals surface area (Å²) in [7, 11) is 0. The van der Waals surface area contributed by atoms with Gasteiger partial charge >= 0.3 is 0 Å². The maximum Gasteiger partial charge on any atom is 0.126 e. The third-order valence-electron chi connectivity index (χ3n) is 8.87. The zero-order valence-electron chi connectivity index (χ0n) is 24.8. The van der Waals surface area contributed by atoms with Gasteiger partial charge in [-0.05, 0) is 99.5 Å². The molecule has 0 aliphatic carbocycles. The second kappa shape index (κ2) is 13.0. The number of ether oxygens (including phenoxy) is 1. The highest BCUT2D eigenvalue weighted by Crippen LogP contribution is 2.41. The average Bonchev–Trinajstić information content (AvgIpc) is 3.33. The number of hydrogen-bond donors (Lipinski definition) is 2. The maximum absolute atomic E-state index is 10.7. The van der Waals surface area contributed by atoms with Crippen molar-refractivity contribution in [2.45, 2.75) is 77.6 Å². The van der Waals surface area contributed by atoms with Crippen LogP contribution in [-0.4, -0.2) is 66.3 Å². The minimum absolute atomic E-state index is 0.339. The van der Waals surface area contributed by atoms with Crippen LogP contribution in [0.4, 0.5) is 0 Å². The van der Waals surface area contributed by atoms with Gasteiger partial charge < -0.3 is 20.1 Å². The number of nitrogens with zero attached hydrogens (tertiary/aromatic N) is 2. The normalized spacial score (nSPS) is 24.7. The van der Waals surface area contributed by atoms with E-state index in [2.05, 4.69) is 59.3 Å². The molecule has 2 N–H and O–H groups in total. The van der Waals surface area contributed by atoms with E-state index < -0.39 is 5.60 Å². The summed E-state index contributed by atoms with van der Waals surface area (Å²) in [6.07, 6.45) is 7.10. The molecule has 0 amide bonds. The lowest BCUT2D eigenvalue weighted by molar-refractivity contribution is 0.0785. The van der Waals surface area contributed by atoms with Crippen LogP contribution >= 0.6 is 11.6 Å². The van der Waals surface area contributed by atoms with Crippen LogP contribution in [0.15, 0.2) is 48.5 Å². The van der Waals surface area contributed by atoms with Gasteiger partial charge in [0.25, 0.3) is 0 Å². The Balaban J connectivity index is 1.29. The molecule has 6 heteroatoms. The quantitative estimate of drug-likeness (QED) is 0.372. The molecule has 3 aliphatic rings. The number of nitrogens with one attached hydrogen (secondary N) is 1. The maximum atomic E-state index is 10.7. The molecule has 5 rings (SSSR count). The van der Waals surface area contributed by atoms with Gasteiger partial charge in [0.1, 0.15) is 12.4 Å². The molecule has 2 saturated heterocycles. The molecule has 2 fully saturated rings. The average molecular weight is 566 g/mol. The summed E-state index contributed by atoms with van der Waals surface area (Å²) in [5, 5.41) is 15.3. The van der Waals surface area contributed by atoms with Crippen LogP contribution in [0.2, 0.25) is 5.02 Å². The predicted molar refractivity (Wildman–Crippen MR) is 166 cm³/mol. The fourth-order valence-electron chi connectivity index (χ4n) is 6.75. The molecule has 2 unspecified atom stereocenters. The zero-order chi connectivity index (χ0) is 28.3. The Morgan fingerprint density at radius 1 is 1.18 bits per heavy atom. The SMILES string of the molecule is CC(C)CN(Cc1ccc(Cl)cc1)[C@@H]1CCN(CCC=C2c3cc(C(C)(C)O)ccc3OCC3NCCCC23)C1. The van der Waals surface area contributed by atoms with Gasteiger partial charge in [-0.15, -0.1) is 0 Å². The Labute approximate surface area is 246 Å². The lowest BCUT2D eigenvalue weighted by atomic mass is 9.80. The molecule has 40 heavy (non-hydrogen) atoms. The first-order chi connectivity index (χ1) is 19.2. The van der Waals surface area contributed by atoms with Gasteiger partial charge in [0.2, 0.25) is 0 Å². The number of fused-ring (bicyclic) bond motifs is 2. The van der Waals surface area contributed by atoms with Crippen molar-refractivity contribution in [1.82, 2.24) is 15.1 Å². The monoisotopic (exact) mass is 565 g/mol. The molecule has 5 nitrogen and oxygen atoms in total. The zero-order valence-corrected chi connectivity index (χ0v) is 25.6. The number of piperidine rings is 1. The number of halogens is 1. The van der Waals surface area contributed by atoms with Crippen LogP contribution in [-0.2, 0) is 12.1 Å². The van der Waals surface area contributed by atoms with Crippen molar-refractivity contribution in [2.75, 3.05) is 39.3 Å². The van der Waals surface area contributed by atoms with Crippen LogP contribution in [0.3, 0.4) is 0 Å². The van der Waals surface area contributed by atoms with Crippen molar-refractivity contribution in [2.24, 2.45) is 11.8 Å². The molecule has 0 radical (unpaired) electrons. The number of rotatable bonds is 9. The number of likely N-dealkylation sites (tertiary alicyclic amines) is 1. The molecular weight excluding hydrogens is 518 g/mol. The lowest BCUT2D eigenvalue weighted by Gasteiger charge is -2.32. The van der Waals surface area contributed by atoms with Crippen molar-refractivity contribution in [1.29, 1.82) is 0 Å². The molecule has 218 valence electrons. The highest BCUT2D eigenvalue weighted by Gasteiger charge is 2.34. The highest BCUT2D eigenvalue weighted by atomic mass is 35.5. The van der Waals surface area contributed by atoms with Crippen LogP contribution < -0.4 is 10.1 Å². The van der Waals surface area contributed by atoms with Gasteiger partial charge in [-0.25, -0.2) is 0 Å². The highest BCUT2D eigenvalue weighted by molar-refractivity contribution is 6.30. The van der Waals surface area contributed by atoms with Crippen molar-refractivity contribution in [3.05, 3.63) is 70.3 Å². The summed E-state index contributed by atoms with van der Waals surface area (Å²) in [6.45, 7) is 15.6. The fourth-order valence-corrected chi connectivity index (χ4v) is 6.88. The Morgan fingerprint density at radius 3 is 2.73 bits per heavy atom. The van der Waals surface area contributed by atoms with Crippen LogP contribution in [0.5, 0.6) is 5.75 Å². The Bertz CT molecular complexity index is 1160. The molecule has 0 spiro atoms. The molecule has 3 heterocycles. The summed E-state index contributed by atoms with van der Waals surface area (Å²) >= 11 is 6.14. The smallest absolute Gasteiger partial charge is 0.126 e. The molecule has 2 aromatic rings. The van der Waals surface area contributed by atoms with Crippen molar-refractivity contribution in [3.63, 3.8) is 0 Å². The summed E-state index contributed by atoms with van der Waals surface area (Å²) < 4.78 is 6.31. The van der Waals surface area contributed by atoms with E-state index in [1.807, 2.05) is 32.0 Å². The van der Waals surface area contributed by atoms with E-state index in [9.17, 15) is 5.11 Å². The van der Waals surface area contributed by atoms with Gasteiger partial charge in [-0.1, -0.05) is 49.7 Å². The van der Waals surface area contributed by atoms with E-state index in [-0.39, 0.29) is 0 Å². The van der Waals surface area contributed by atoms with Crippen LogP contribution in [0.25, 0.3) is 5.57 Å². The predicted octanol–water partition coefficient (Wildman–Crippen LogP) is 6.33. The molecule has 0 saturated carbocycles. The summed E-state index contributed by atoms with van der Waals surface area (Å²) in [5.74, 6) is 2.02. The second-order valence-corrected chi connectivity index (χ2v) is 13.5. The molecule has 3 aliphatic heterocycles. The Morgan fingerprint density at radius 2 is 1.98 bits per heavy atom. The van der Waals surface area contributed by atoms with Crippen molar-refractivity contribution in [3.8, 4) is 5.75 Å². The van der Waals surface area contributed by atoms with Crippen molar-refractivity contribution >= 4 is 17.2 Å².